The van der Waals surface area contributed by atoms with Crippen LogP contribution in [-0.2, 0) is 11.0 Å². The Bertz CT molecular complexity index is 741. The number of carboxylic acids is 1. The van der Waals surface area contributed by atoms with Gasteiger partial charge in [0.1, 0.15) is 6.54 Å². The van der Waals surface area contributed by atoms with Gasteiger partial charge in [0.15, 0.2) is 11.5 Å². The SMILES string of the molecule is CCCN(CC(=O)O)c1nn2c(C(F)(F)F)nnc2c(C)c1C. The second-order valence-electron chi connectivity index (χ2n) is 5.15. The van der Waals surface area contributed by atoms with Crippen LogP contribution in [0.2, 0.25) is 0 Å². The number of anilines is 1. The smallest absolute Gasteiger partial charge is 0.453 e. The van der Waals surface area contributed by atoms with Gasteiger partial charge in [0, 0.05) is 17.7 Å². The first-order valence-electron chi connectivity index (χ1n) is 6.93. The second kappa shape index (κ2) is 6.01. The van der Waals surface area contributed by atoms with Crippen molar-refractivity contribution in [3.05, 3.63) is 17.0 Å². The molecule has 2 aromatic heterocycles. The third kappa shape index (κ3) is 3.20. The fraction of sp³-hybridized carbons (Fsp3) is 0.538. The quantitative estimate of drug-likeness (QED) is 0.903. The zero-order chi connectivity index (χ0) is 17.4. The molecule has 23 heavy (non-hydrogen) atoms. The number of aryl methyl sites for hydroxylation is 1. The van der Waals surface area contributed by atoms with Gasteiger partial charge in [-0.25, -0.2) is 0 Å². The summed E-state index contributed by atoms with van der Waals surface area (Å²) in [5, 5.41) is 19.7. The van der Waals surface area contributed by atoms with Crippen LogP contribution in [0.4, 0.5) is 19.0 Å². The number of carbonyl (C=O) groups is 1. The Morgan fingerprint density at radius 1 is 1.26 bits per heavy atom. The number of carboxylic acid groups (broad SMARTS) is 1. The third-order valence-electron chi connectivity index (χ3n) is 3.44. The number of nitrogens with zero attached hydrogens (tertiary/aromatic N) is 5. The molecule has 0 amide bonds. The molecule has 2 heterocycles. The molecule has 0 atom stereocenters. The Kier molecular flexibility index (Phi) is 4.44. The van der Waals surface area contributed by atoms with Crippen molar-refractivity contribution in [3.8, 4) is 0 Å². The van der Waals surface area contributed by atoms with E-state index in [1.807, 2.05) is 6.92 Å². The van der Waals surface area contributed by atoms with E-state index in [-0.39, 0.29) is 18.0 Å². The summed E-state index contributed by atoms with van der Waals surface area (Å²) >= 11 is 0. The lowest BCUT2D eigenvalue weighted by atomic mass is 10.1. The molecule has 10 heteroatoms. The van der Waals surface area contributed by atoms with E-state index in [9.17, 15) is 18.0 Å². The van der Waals surface area contributed by atoms with Crippen molar-refractivity contribution >= 4 is 17.4 Å². The molecule has 126 valence electrons. The number of aromatic nitrogens is 4. The van der Waals surface area contributed by atoms with Crippen LogP contribution < -0.4 is 4.90 Å². The summed E-state index contributed by atoms with van der Waals surface area (Å²) in [5.41, 5.74) is 1.06. The average Bonchev–Trinajstić information content (AvgIpc) is 2.85. The van der Waals surface area contributed by atoms with E-state index in [1.165, 1.54) is 4.90 Å². The summed E-state index contributed by atoms with van der Waals surface area (Å²) in [4.78, 5) is 12.4. The summed E-state index contributed by atoms with van der Waals surface area (Å²) in [7, 11) is 0. The van der Waals surface area contributed by atoms with Gasteiger partial charge in [-0.05, 0) is 20.3 Å². The van der Waals surface area contributed by atoms with Gasteiger partial charge in [0.05, 0.1) is 0 Å². The number of rotatable bonds is 5. The molecule has 0 spiro atoms. The molecule has 0 bridgehead atoms. The molecule has 0 radical (unpaired) electrons. The molecular weight excluding hydrogens is 315 g/mol. The van der Waals surface area contributed by atoms with Gasteiger partial charge in [0.2, 0.25) is 0 Å². The molecule has 0 fully saturated rings. The highest BCUT2D eigenvalue weighted by Gasteiger charge is 2.38. The molecule has 0 aliphatic rings. The van der Waals surface area contributed by atoms with Gasteiger partial charge in [-0.2, -0.15) is 17.7 Å². The van der Waals surface area contributed by atoms with Crippen molar-refractivity contribution in [1.82, 2.24) is 19.8 Å². The first-order chi connectivity index (χ1) is 10.7. The molecule has 0 unspecified atom stereocenters. The number of hydrogen-bond donors (Lipinski definition) is 1. The number of halogens is 3. The molecule has 1 N–H and O–H groups in total. The summed E-state index contributed by atoms with van der Waals surface area (Å²) in [5.74, 6) is -2.13. The zero-order valence-electron chi connectivity index (χ0n) is 12.8. The maximum Gasteiger partial charge on any atom is 0.453 e. The summed E-state index contributed by atoms with van der Waals surface area (Å²) in [6, 6.07) is 0. The van der Waals surface area contributed by atoms with Crippen LogP contribution in [0.1, 0.15) is 30.3 Å². The van der Waals surface area contributed by atoms with Crippen LogP contribution >= 0.6 is 0 Å². The predicted octanol–water partition coefficient (Wildman–Crippen LogP) is 2.06. The minimum Gasteiger partial charge on any atom is -0.480 e. The van der Waals surface area contributed by atoms with Crippen LogP contribution in [0.3, 0.4) is 0 Å². The van der Waals surface area contributed by atoms with Crippen LogP contribution in [0.5, 0.6) is 0 Å². The molecule has 0 aliphatic carbocycles. The minimum absolute atomic E-state index is 0.00495. The minimum atomic E-state index is -4.70. The first kappa shape index (κ1) is 17.0. The molecular formula is C13H16F3N5O2. The zero-order valence-corrected chi connectivity index (χ0v) is 12.8. The molecule has 0 saturated carbocycles. The fourth-order valence-electron chi connectivity index (χ4n) is 2.28. The molecule has 2 rings (SSSR count). The topological polar surface area (TPSA) is 83.6 Å². The molecule has 0 saturated heterocycles. The Labute approximate surface area is 129 Å². The molecule has 0 aliphatic heterocycles. The van der Waals surface area contributed by atoms with E-state index in [1.54, 1.807) is 13.8 Å². The van der Waals surface area contributed by atoms with Crippen LogP contribution in [0.25, 0.3) is 5.65 Å². The average molecular weight is 331 g/mol. The fourth-order valence-corrected chi connectivity index (χ4v) is 2.28. The number of fused-ring (bicyclic) bond motifs is 1. The van der Waals surface area contributed by atoms with Crippen LogP contribution in [-0.4, -0.2) is 44.0 Å². The van der Waals surface area contributed by atoms with E-state index >= 15 is 0 Å². The van der Waals surface area contributed by atoms with Crippen LogP contribution in [0, 0.1) is 13.8 Å². The van der Waals surface area contributed by atoms with E-state index in [4.69, 9.17) is 5.11 Å². The lowest BCUT2D eigenvalue weighted by Crippen LogP contribution is -2.32. The number of aliphatic carboxylic acids is 1. The number of alkyl halides is 3. The number of hydrogen-bond acceptors (Lipinski definition) is 5. The predicted molar refractivity (Wildman–Crippen MR) is 75.4 cm³/mol. The third-order valence-corrected chi connectivity index (χ3v) is 3.44. The van der Waals surface area contributed by atoms with Crippen molar-refractivity contribution in [3.63, 3.8) is 0 Å². The first-order valence-corrected chi connectivity index (χ1v) is 6.93. The summed E-state index contributed by atoms with van der Waals surface area (Å²) in [6.07, 6.45) is -4.08. The molecule has 7 nitrogen and oxygen atoms in total. The van der Waals surface area contributed by atoms with Gasteiger partial charge in [0.25, 0.3) is 5.82 Å². The van der Waals surface area contributed by atoms with Crippen molar-refractivity contribution in [2.24, 2.45) is 0 Å². The lowest BCUT2D eigenvalue weighted by molar-refractivity contribution is -0.146. The van der Waals surface area contributed by atoms with Crippen LogP contribution in [0.15, 0.2) is 0 Å². The monoisotopic (exact) mass is 331 g/mol. The standard InChI is InChI=1S/C13H16F3N5O2/c1-4-5-20(6-9(22)23)11-8(3)7(2)10-17-18-12(13(14,15)16)21(10)19-11/h4-6H2,1-3H3,(H,22,23). The van der Waals surface area contributed by atoms with Gasteiger partial charge >= 0.3 is 12.1 Å². The Balaban J connectivity index is 2.67. The normalized spacial score (nSPS) is 11.9. The Morgan fingerprint density at radius 3 is 2.43 bits per heavy atom. The lowest BCUT2D eigenvalue weighted by Gasteiger charge is -2.23. The maximum atomic E-state index is 13.0. The highest BCUT2D eigenvalue weighted by molar-refractivity contribution is 5.74. The summed E-state index contributed by atoms with van der Waals surface area (Å²) < 4.78 is 39.6. The largest absolute Gasteiger partial charge is 0.480 e. The van der Waals surface area contributed by atoms with Crippen molar-refractivity contribution in [2.45, 2.75) is 33.4 Å². The van der Waals surface area contributed by atoms with Gasteiger partial charge in [-0.1, -0.05) is 6.92 Å². The van der Waals surface area contributed by atoms with Crippen molar-refractivity contribution in [2.75, 3.05) is 18.0 Å². The van der Waals surface area contributed by atoms with Gasteiger partial charge in [-0.15, -0.1) is 15.3 Å². The van der Waals surface area contributed by atoms with E-state index in [2.05, 4.69) is 15.3 Å². The molecule has 0 aromatic carbocycles. The second-order valence-corrected chi connectivity index (χ2v) is 5.15. The van der Waals surface area contributed by atoms with Crippen molar-refractivity contribution in [1.29, 1.82) is 0 Å². The Hall–Kier alpha value is -2.39. The van der Waals surface area contributed by atoms with Gasteiger partial charge in [-0.3, -0.25) is 4.79 Å². The Morgan fingerprint density at radius 2 is 1.91 bits per heavy atom. The maximum absolute atomic E-state index is 13.0. The van der Waals surface area contributed by atoms with E-state index < -0.39 is 18.0 Å². The summed E-state index contributed by atoms with van der Waals surface area (Å²) in [6.45, 7) is 5.12. The van der Waals surface area contributed by atoms with Gasteiger partial charge < -0.3 is 10.0 Å². The molecule has 2 aromatic rings. The highest BCUT2D eigenvalue weighted by atomic mass is 19.4. The highest BCUT2D eigenvalue weighted by Crippen LogP contribution is 2.30. The van der Waals surface area contributed by atoms with E-state index in [0.29, 0.717) is 28.6 Å². The van der Waals surface area contributed by atoms with Crippen molar-refractivity contribution < 1.29 is 23.1 Å². The van der Waals surface area contributed by atoms with E-state index in [0.717, 1.165) is 0 Å².